The Hall–Kier alpha value is -1.13. The van der Waals surface area contributed by atoms with Crippen molar-refractivity contribution in [2.75, 3.05) is 19.8 Å². The Morgan fingerprint density at radius 2 is 2.05 bits per heavy atom. The molecule has 1 aliphatic carbocycles. The summed E-state index contributed by atoms with van der Waals surface area (Å²) in [6, 6.07) is 1.76. The molecule has 0 bridgehead atoms. The van der Waals surface area contributed by atoms with Gasteiger partial charge in [-0.1, -0.05) is 6.92 Å². The van der Waals surface area contributed by atoms with Crippen molar-refractivity contribution >= 4 is 5.69 Å². The zero-order valence-electron chi connectivity index (χ0n) is 12.1. The average molecular weight is 263 g/mol. The van der Waals surface area contributed by atoms with Gasteiger partial charge in [-0.25, -0.2) is 0 Å². The number of aliphatic hydroxyl groups is 1. The van der Waals surface area contributed by atoms with Gasteiger partial charge in [0.2, 0.25) is 0 Å². The summed E-state index contributed by atoms with van der Waals surface area (Å²) in [5.74, 6) is 0.742. The van der Waals surface area contributed by atoms with Crippen LogP contribution in [0.4, 0.5) is 5.69 Å². The number of pyridine rings is 1. The number of anilines is 1. The first-order valence-electron chi connectivity index (χ1n) is 7.02. The fraction of sp³-hybridized carbons (Fsp3) is 0.667. The minimum Gasteiger partial charge on any atom is -0.398 e. The maximum Gasteiger partial charge on any atom is 0.101 e. The van der Waals surface area contributed by atoms with E-state index in [9.17, 15) is 5.11 Å². The van der Waals surface area contributed by atoms with Crippen LogP contribution in [0.15, 0.2) is 18.5 Å². The fourth-order valence-electron chi connectivity index (χ4n) is 3.16. The van der Waals surface area contributed by atoms with Crippen LogP contribution >= 0.6 is 0 Å². The Kier molecular flexibility index (Phi) is 4.11. The molecular formula is C15H25N3O. The van der Waals surface area contributed by atoms with Crippen molar-refractivity contribution in [3.05, 3.63) is 24.0 Å². The molecule has 0 aromatic carbocycles. The molecule has 1 aromatic rings. The van der Waals surface area contributed by atoms with Gasteiger partial charge in [0.1, 0.15) is 6.10 Å². The van der Waals surface area contributed by atoms with Gasteiger partial charge in [-0.2, -0.15) is 0 Å². The van der Waals surface area contributed by atoms with E-state index in [-0.39, 0.29) is 5.54 Å². The first-order valence-corrected chi connectivity index (χ1v) is 7.02. The highest BCUT2D eigenvalue weighted by atomic mass is 16.3. The third-order valence-corrected chi connectivity index (χ3v) is 4.72. The second-order valence-corrected chi connectivity index (χ2v) is 6.09. The summed E-state index contributed by atoms with van der Waals surface area (Å²) in [6.07, 6.45) is 7.07. The molecule has 1 unspecified atom stereocenters. The van der Waals surface area contributed by atoms with Crippen LogP contribution in [0.25, 0.3) is 0 Å². The van der Waals surface area contributed by atoms with E-state index < -0.39 is 6.10 Å². The van der Waals surface area contributed by atoms with Crippen LogP contribution in [-0.2, 0) is 0 Å². The standard InChI is InChI=1S/C15H25N3O/c1-11-4-7-15(8-5-11,18(2)3)14(19)12-10-17-9-6-13(12)16/h6,9-11,14,19H,4-5,7-8H2,1-3H3,(H2,16,17). The normalized spacial score (nSPS) is 29.4. The molecule has 106 valence electrons. The predicted molar refractivity (Wildman–Crippen MR) is 77.7 cm³/mol. The summed E-state index contributed by atoms with van der Waals surface area (Å²) in [4.78, 5) is 6.27. The number of aromatic nitrogens is 1. The molecule has 0 spiro atoms. The molecule has 1 atom stereocenters. The van der Waals surface area contributed by atoms with Gasteiger partial charge in [0.05, 0.1) is 5.54 Å². The van der Waals surface area contributed by atoms with Crippen molar-refractivity contribution in [2.45, 2.75) is 44.2 Å². The molecule has 1 heterocycles. The lowest BCUT2D eigenvalue weighted by atomic mass is 9.71. The molecule has 3 N–H and O–H groups in total. The number of hydrogen-bond acceptors (Lipinski definition) is 4. The molecular weight excluding hydrogens is 238 g/mol. The van der Waals surface area contributed by atoms with Gasteiger partial charge >= 0.3 is 0 Å². The van der Waals surface area contributed by atoms with E-state index in [1.165, 1.54) is 0 Å². The Morgan fingerprint density at radius 1 is 1.42 bits per heavy atom. The molecule has 2 rings (SSSR count). The quantitative estimate of drug-likeness (QED) is 0.877. The lowest BCUT2D eigenvalue weighted by molar-refractivity contribution is -0.0406. The summed E-state index contributed by atoms with van der Waals surface area (Å²) in [7, 11) is 4.09. The molecule has 19 heavy (non-hydrogen) atoms. The first kappa shape index (κ1) is 14.3. The van der Waals surface area contributed by atoms with Gasteiger partial charge in [-0.05, 0) is 51.8 Å². The molecule has 1 aromatic heterocycles. The third kappa shape index (κ3) is 2.60. The second kappa shape index (κ2) is 5.47. The molecule has 0 radical (unpaired) electrons. The van der Waals surface area contributed by atoms with Gasteiger partial charge in [-0.15, -0.1) is 0 Å². The van der Waals surface area contributed by atoms with Crippen LogP contribution in [0.1, 0.15) is 44.3 Å². The first-order chi connectivity index (χ1) is 8.97. The number of rotatable bonds is 3. The highest BCUT2D eigenvalue weighted by Crippen LogP contribution is 2.44. The van der Waals surface area contributed by atoms with Crippen molar-refractivity contribution in [1.82, 2.24) is 9.88 Å². The molecule has 1 fully saturated rings. The van der Waals surface area contributed by atoms with E-state index in [0.717, 1.165) is 37.2 Å². The van der Waals surface area contributed by atoms with Crippen molar-refractivity contribution < 1.29 is 5.11 Å². The largest absolute Gasteiger partial charge is 0.398 e. The molecule has 1 saturated carbocycles. The van der Waals surface area contributed by atoms with Crippen molar-refractivity contribution in [3.8, 4) is 0 Å². The van der Waals surface area contributed by atoms with Crippen LogP contribution in [0.2, 0.25) is 0 Å². The molecule has 4 nitrogen and oxygen atoms in total. The van der Waals surface area contributed by atoms with Crippen molar-refractivity contribution in [3.63, 3.8) is 0 Å². The summed E-state index contributed by atoms with van der Waals surface area (Å²) in [6.45, 7) is 2.28. The number of aliphatic hydroxyl groups excluding tert-OH is 1. The highest BCUT2D eigenvalue weighted by molar-refractivity contribution is 5.46. The minimum atomic E-state index is -0.580. The van der Waals surface area contributed by atoms with Crippen LogP contribution in [-0.4, -0.2) is 34.6 Å². The number of hydrogen-bond donors (Lipinski definition) is 2. The summed E-state index contributed by atoms with van der Waals surface area (Å²) < 4.78 is 0. The zero-order valence-corrected chi connectivity index (χ0v) is 12.1. The minimum absolute atomic E-state index is 0.219. The van der Waals surface area contributed by atoms with Gasteiger partial charge in [0.25, 0.3) is 0 Å². The lowest BCUT2D eigenvalue weighted by Gasteiger charge is -2.47. The van der Waals surface area contributed by atoms with E-state index in [1.807, 2.05) is 14.1 Å². The third-order valence-electron chi connectivity index (χ3n) is 4.72. The number of nitrogens with zero attached hydrogens (tertiary/aromatic N) is 2. The SMILES string of the molecule is CC1CCC(C(O)c2cnccc2N)(N(C)C)CC1. The summed E-state index contributed by atoms with van der Waals surface area (Å²) in [5.41, 5.74) is 7.16. The van der Waals surface area contributed by atoms with E-state index in [1.54, 1.807) is 18.5 Å². The second-order valence-electron chi connectivity index (χ2n) is 6.09. The summed E-state index contributed by atoms with van der Waals surface area (Å²) in [5, 5.41) is 10.9. The van der Waals surface area contributed by atoms with E-state index in [4.69, 9.17) is 5.73 Å². The topological polar surface area (TPSA) is 62.4 Å². The molecule has 0 aliphatic heterocycles. The number of nitrogen functional groups attached to an aromatic ring is 1. The van der Waals surface area contributed by atoms with Crippen molar-refractivity contribution in [1.29, 1.82) is 0 Å². The highest BCUT2D eigenvalue weighted by Gasteiger charge is 2.43. The van der Waals surface area contributed by atoms with E-state index >= 15 is 0 Å². The lowest BCUT2D eigenvalue weighted by Crippen LogP contribution is -2.51. The zero-order chi connectivity index (χ0) is 14.0. The van der Waals surface area contributed by atoms with Crippen LogP contribution < -0.4 is 5.73 Å². The van der Waals surface area contributed by atoms with E-state index in [2.05, 4.69) is 16.8 Å². The number of likely N-dealkylation sites (N-methyl/N-ethyl adjacent to an activating group) is 1. The Morgan fingerprint density at radius 3 is 2.58 bits per heavy atom. The smallest absolute Gasteiger partial charge is 0.101 e. The van der Waals surface area contributed by atoms with Crippen LogP contribution in [0, 0.1) is 5.92 Å². The average Bonchev–Trinajstić information content (AvgIpc) is 2.39. The molecule has 1 aliphatic rings. The Bertz CT molecular complexity index is 425. The Balaban J connectivity index is 2.32. The monoisotopic (exact) mass is 263 g/mol. The van der Waals surface area contributed by atoms with Crippen LogP contribution in [0.3, 0.4) is 0 Å². The van der Waals surface area contributed by atoms with Crippen LogP contribution in [0.5, 0.6) is 0 Å². The van der Waals surface area contributed by atoms with Gasteiger partial charge in [-0.3, -0.25) is 4.98 Å². The van der Waals surface area contributed by atoms with Gasteiger partial charge in [0.15, 0.2) is 0 Å². The molecule has 0 amide bonds. The number of nitrogens with two attached hydrogens (primary N) is 1. The molecule has 0 saturated heterocycles. The maximum atomic E-state index is 10.9. The summed E-state index contributed by atoms with van der Waals surface area (Å²) >= 11 is 0. The van der Waals surface area contributed by atoms with E-state index in [0.29, 0.717) is 5.69 Å². The van der Waals surface area contributed by atoms with Gasteiger partial charge < -0.3 is 15.7 Å². The van der Waals surface area contributed by atoms with Gasteiger partial charge in [0, 0.05) is 23.6 Å². The maximum absolute atomic E-state index is 10.9. The van der Waals surface area contributed by atoms with Crippen molar-refractivity contribution in [2.24, 2.45) is 5.92 Å². The fourth-order valence-corrected chi connectivity index (χ4v) is 3.16. The predicted octanol–water partition coefficient (Wildman–Crippen LogP) is 2.21. The molecule has 4 heteroatoms. The Labute approximate surface area is 115 Å².